The number of benzene rings is 1. The van der Waals surface area contributed by atoms with E-state index in [1.54, 1.807) is 4.90 Å². The van der Waals surface area contributed by atoms with Crippen molar-refractivity contribution in [2.45, 2.75) is 38.8 Å². The highest BCUT2D eigenvalue weighted by atomic mass is 16.5. The molecule has 3 aromatic rings. The van der Waals surface area contributed by atoms with Crippen molar-refractivity contribution >= 4 is 16.9 Å². The van der Waals surface area contributed by atoms with Crippen LogP contribution >= 0.6 is 0 Å². The molecule has 0 radical (unpaired) electrons. The number of nitrogens with zero attached hydrogens (tertiary/aromatic N) is 3. The molecule has 6 heteroatoms. The highest BCUT2D eigenvalue weighted by Crippen LogP contribution is 2.40. The minimum absolute atomic E-state index is 0.102. The monoisotopic (exact) mass is 352 g/mol. The fourth-order valence-corrected chi connectivity index (χ4v) is 3.27. The third-order valence-corrected chi connectivity index (χ3v) is 5.00. The fourth-order valence-electron chi connectivity index (χ4n) is 3.27. The Morgan fingerprint density at radius 2 is 2.15 bits per heavy atom. The normalized spacial score (nSPS) is 13.9. The van der Waals surface area contributed by atoms with Gasteiger partial charge in [-0.2, -0.15) is 0 Å². The van der Waals surface area contributed by atoms with E-state index in [-0.39, 0.29) is 6.03 Å². The molecular formula is C20H24N4O2. The number of likely N-dealkylation sites (N-methyl/N-ethyl adjacent to an activating group) is 1. The first-order valence-corrected chi connectivity index (χ1v) is 9.11. The van der Waals surface area contributed by atoms with Crippen LogP contribution in [0.4, 0.5) is 4.79 Å². The van der Waals surface area contributed by atoms with Crippen LogP contribution in [0.2, 0.25) is 0 Å². The van der Waals surface area contributed by atoms with E-state index in [1.165, 1.54) is 29.4 Å². The molecule has 2 amide bonds. The minimum Gasteiger partial charge on any atom is -0.361 e. The third kappa shape index (κ3) is 3.45. The minimum atomic E-state index is -0.102. The molecule has 26 heavy (non-hydrogen) atoms. The van der Waals surface area contributed by atoms with E-state index in [0.29, 0.717) is 19.0 Å². The molecule has 6 nitrogen and oxygen atoms in total. The molecule has 0 bridgehead atoms. The lowest BCUT2D eigenvalue weighted by Crippen LogP contribution is -2.38. The summed E-state index contributed by atoms with van der Waals surface area (Å²) in [4.78, 5) is 14.0. The molecule has 1 N–H and O–H groups in total. The molecule has 0 atom stereocenters. The largest absolute Gasteiger partial charge is 0.361 e. The summed E-state index contributed by atoms with van der Waals surface area (Å²) in [5.74, 6) is 1.48. The van der Waals surface area contributed by atoms with Crippen molar-refractivity contribution in [3.05, 3.63) is 53.5 Å². The van der Waals surface area contributed by atoms with Crippen LogP contribution in [0, 0.1) is 6.92 Å². The molecule has 1 saturated carbocycles. The summed E-state index contributed by atoms with van der Waals surface area (Å²) in [6.07, 6.45) is 2.36. The number of urea groups is 1. The smallest absolute Gasteiger partial charge is 0.317 e. The molecule has 136 valence electrons. The number of carbonyl (C=O) groups is 1. The van der Waals surface area contributed by atoms with Crippen LogP contribution < -0.4 is 5.32 Å². The lowest BCUT2D eigenvalue weighted by molar-refractivity contribution is 0.206. The van der Waals surface area contributed by atoms with Crippen molar-refractivity contribution in [1.82, 2.24) is 19.9 Å². The fraction of sp³-hybridized carbons (Fsp3) is 0.400. The predicted molar refractivity (Wildman–Crippen MR) is 100 cm³/mol. The van der Waals surface area contributed by atoms with Crippen LogP contribution in [0.1, 0.15) is 35.9 Å². The lowest BCUT2D eigenvalue weighted by Gasteiger charge is -2.19. The second kappa shape index (κ2) is 6.86. The van der Waals surface area contributed by atoms with Gasteiger partial charge in [0.25, 0.3) is 0 Å². The van der Waals surface area contributed by atoms with Gasteiger partial charge in [0, 0.05) is 43.3 Å². The van der Waals surface area contributed by atoms with Gasteiger partial charge in [-0.25, -0.2) is 4.79 Å². The maximum atomic E-state index is 12.3. The Labute approximate surface area is 152 Å². The molecule has 0 spiro atoms. The Morgan fingerprint density at radius 3 is 2.96 bits per heavy atom. The zero-order valence-corrected chi connectivity index (χ0v) is 15.2. The quantitative estimate of drug-likeness (QED) is 0.736. The number of hydrogen-bond acceptors (Lipinski definition) is 3. The summed E-state index contributed by atoms with van der Waals surface area (Å²) < 4.78 is 7.56. The Morgan fingerprint density at radius 1 is 1.35 bits per heavy atom. The van der Waals surface area contributed by atoms with Crippen LogP contribution in [0.15, 0.2) is 40.9 Å². The molecule has 2 heterocycles. The summed E-state index contributed by atoms with van der Waals surface area (Å²) in [7, 11) is 1.81. The van der Waals surface area contributed by atoms with E-state index in [9.17, 15) is 4.79 Å². The molecule has 0 saturated heterocycles. The van der Waals surface area contributed by atoms with Crippen LogP contribution in [0.5, 0.6) is 0 Å². The van der Waals surface area contributed by atoms with E-state index in [2.05, 4.69) is 40.2 Å². The molecular weight excluding hydrogens is 328 g/mol. The van der Waals surface area contributed by atoms with Gasteiger partial charge >= 0.3 is 6.03 Å². The van der Waals surface area contributed by atoms with Crippen molar-refractivity contribution in [3.8, 4) is 0 Å². The Balaban J connectivity index is 1.31. The number of aryl methyl sites for hydroxylation is 1. The molecule has 1 aliphatic rings. The summed E-state index contributed by atoms with van der Waals surface area (Å²) >= 11 is 0. The van der Waals surface area contributed by atoms with Gasteiger partial charge in [-0.05, 0) is 37.3 Å². The molecule has 0 aliphatic heterocycles. The number of para-hydroxylation sites is 1. The van der Waals surface area contributed by atoms with E-state index >= 15 is 0 Å². The topological polar surface area (TPSA) is 63.3 Å². The Kier molecular flexibility index (Phi) is 4.41. The van der Waals surface area contributed by atoms with E-state index in [0.717, 1.165) is 18.0 Å². The second-order valence-electron chi connectivity index (χ2n) is 7.07. The Bertz CT molecular complexity index is 923. The Hall–Kier alpha value is -2.76. The zero-order chi connectivity index (χ0) is 18.1. The van der Waals surface area contributed by atoms with Gasteiger partial charge in [0.2, 0.25) is 0 Å². The highest BCUT2D eigenvalue weighted by molar-refractivity contribution is 5.81. The van der Waals surface area contributed by atoms with Gasteiger partial charge in [-0.15, -0.1) is 0 Å². The number of amides is 2. The average molecular weight is 352 g/mol. The SMILES string of the molecule is Cc1cc2ccccc2n1CCN(C)C(=O)NCc1cc(C2CC2)on1. The standard InChI is InChI=1S/C20H24N4O2/c1-14-11-16-5-3-4-6-18(16)24(14)10-9-23(2)20(25)21-13-17-12-19(26-22-17)15-7-8-15/h3-6,11-12,15H,7-10,13H2,1-2H3,(H,21,25). The van der Waals surface area contributed by atoms with Crippen molar-refractivity contribution in [1.29, 1.82) is 0 Å². The van der Waals surface area contributed by atoms with Crippen LogP contribution in [0.25, 0.3) is 10.9 Å². The number of rotatable bonds is 6. The molecule has 1 aromatic carbocycles. The lowest BCUT2D eigenvalue weighted by atomic mass is 10.2. The van der Waals surface area contributed by atoms with Gasteiger partial charge in [0.05, 0.1) is 6.54 Å². The van der Waals surface area contributed by atoms with Crippen LogP contribution in [-0.2, 0) is 13.1 Å². The number of nitrogens with one attached hydrogen (secondary N) is 1. The molecule has 4 rings (SSSR count). The predicted octanol–water partition coefficient (Wildman–Crippen LogP) is 3.66. The zero-order valence-electron chi connectivity index (χ0n) is 15.2. The van der Waals surface area contributed by atoms with Crippen molar-refractivity contribution in [2.75, 3.05) is 13.6 Å². The number of aromatic nitrogens is 2. The number of fused-ring (bicyclic) bond motifs is 1. The van der Waals surface area contributed by atoms with E-state index < -0.39 is 0 Å². The first-order chi connectivity index (χ1) is 12.6. The average Bonchev–Trinajstić information content (AvgIpc) is 3.30. The third-order valence-electron chi connectivity index (χ3n) is 5.00. The molecule has 1 aliphatic carbocycles. The second-order valence-corrected chi connectivity index (χ2v) is 7.07. The van der Waals surface area contributed by atoms with Gasteiger partial charge in [0.15, 0.2) is 0 Å². The number of carbonyl (C=O) groups excluding carboxylic acids is 1. The van der Waals surface area contributed by atoms with Gasteiger partial charge < -0.3 is 19.3 Å². The van der Waals surface area contributed by atoms with E-state index in [1.807, 2.05) is 25.2 Å². The number of hydrogen-bond donors (Lipinski definition) is 1. The summed E-state index contributed by atoms with van der Waals surface area (Å²) in [6.45, 7) is 3.89. The van der Waals surface area contributed by atoms with Gasteiger partial charge in [0.1, 0.15) is 11.5 Å². The van der Waals surface area contributed by atoms with Crippen LogP contribution in [0.3, 0.4) is 0 Å². The van der Waals surface area contributed by atoms with Crippen molar-refractivity contribution in [3.63, 3.8) is 0 Å². The summed E-state index contributed by atoms with van der Waals surface area (Å²) in [5, 5.41) is 8.17. The van der Waals surface area contributed by atoms with Gasteiger partial charge in [-0.1, -0.05) is 23.4 Å². The first kappa shape index (κ1) is 16.7. The summed E-state index contributed by atoms with van der Waals surface area (Å²) in [5.41, 5.74) is 3.19. The van der Waals surface area contributed by atoms with Crippen molar-refractivity contribution < 1.29 is 9.32 Å². The maximum Gasteiger partial charge on any atom is 0.317 e. The van der Waals surface area contributed by atoms with E-state index in [4.69, 9.17) is 4.52 Å². The first-order valence-electron chi connectivity index (χ1n) is 9.11. The molecule has 1 fully saturated rings. The maximum absolute atomic E-state index is 12.3. The van der Waals surface area contributed by atoms with Crippen molar-refractivity contribution in [2.24, 2.45) is 0 Å². The van der Waals surface area contributed by atoms with Gasteiger partial charge in [-0.3, -0.25) is 0 Å². The highest BCUT2D eigenvalue weighted by Gasteiger charge is 2.27. The molecule has 2 aromatic heterocycles. The summed E-state index contributed by atoms with van der Waals surface area (Å²) in [6, 6.07) is 12.3. The van der Waals surface area contributed by atoms with Crippen LogP contribution in [-0.4, -0.2) is 34.2 Å². The molecule has 0 unspecified atom stereocenters.